The second-order valence-electron chi connectivity index (χ2n) is 7.77. The Morgan fingerprint density at radius 1 is 1.30 bits per heavy atom. The lowest BCUT2D eigenvalue weighted by Gasteiger charge is -2.18. The van der Waals surface area contributed by atoms with Gasteiger partial charge in [-0.2, -0.15) is 4.98 Å². The fraction of sp³-hybridized carbons (Fsp3) is 0.400. The van der Waals surface area contributed by atoms with Gasteiger partial charge in [0, 0.05) is 17.2 Å². The van der Waals surface area contributed by atoms with Gasteiger partial charge in [-0.1, -0.05) is 20.8 Å². The standard InChI is InChI=1S/C20H24N4O3/c1-20(2,3)18-6-5-12(9-22-18)26-11-13-10-24-16-8-17(25-4)14(21)7-15(16)23-19(24)27-13/h5-9,13H,10-11,21H2,1-4H3/t13-/m0/s1. The van der Waals surface area contributed by atoms with Crippen LogP contribution < -0.4 is 19.9 Å². The van der Waals surface area contributed by atoms with Gasteiger partial charge in [0.05, 0.1) is 36.6 Å². The molecule has 3 aromatic rings. The summed E-state index contributed by atoms with van der Waals surface area (Å²) in [5.74, 6) is 1.37. The lowest BCUT2D eigenvalue weighted by molar-refractivity contribution is 0.143. The Balaban J connectivity index is 1.44. The molecule has 0 unspecified atom stereocenters. The van der Waals surface area contributed by atoms with Crippen molar-refractivity contribution in [3.63, 3.8) is 0 Å². The Hall–Kier alpha value is -2.96. The summed E-state index contributed by atoms with van der Waals surface area (Å²) in [5.41, 5.74) is 9.31. The number of anilines is 1. The summed E-state index contributed by atoms with van der Waals surface area (Å²) < 4.78 is 19.1. The van der Waals surface area contributed by atoms with Crippen LogP contribution in [0.3, 0.4) is 0 Å². The molecule has 142 valence electrons. The van der Waals surface area contributed by atoms with E-state index in [1.807, 2.05) is 22.8 Å². The monoisotopic (exact) mass is 368 g/mol. The molecule has 7 heteroatoms. The molecule has 27 heavy (non-hydrogen) atoms. The minimum Gasteiger partial charge on any atom is -0.495 e. The van der Waals surface area contributed by atoms with Crippen LogP contribution in [-0.2, 0) is 12.0 Å². The highest BCUT2D eigenvalue weighted by atomic mass is 16.6. The van der Waals surface area contributed by atoms with E-state index in [1.54, 1.807) is 19.4 Å². The Labute approximate surface area is 158 Å². The van der Waals surface area contributed by atoms with E-state index in [-0.39, 0.29) is 11.5 Å². The van der Waals surface area contributed by atoms with Crippen LogP contribution in [0.1, 0.15) is 26.5 Å². The van der Waals surface area contributed by atoms with E-state index >= 15 is 0 Å². The SMILES string of the molecule is COc1cc2c(cc1N)nc1n2C[C@@H](COc2ccc(C(C)(C)C)nc2)O1. The molecule has 0 aliphatic carbocycles. The number of rotatable bonds is 4. The van der Waals surface area contributed by atoms with Gasteiger partial charge in [-0.3, -0.25) is 9.55 Å². The fourth-order valence-electron chi connectivity index (χ4n) is 3.16. The van der Waals surface area contributed by atoms with E-state index in [9.17, 15) is 0 Å². The fourth-order valence-corrected chi connectivity index (χ4v) is 3.16. The van der Waals surface area contributed by atoms with Gasteiger partial charge in [-0.25, -0.2) is 0 Å². The number of benzene rings is 1. The first-order chi connectivity index (χ1) is 12.8. The average Bonchev–Trinajstić information content (AvgIpc) is 3.16. The summed E-state index contributed by atoms with van der Waals surface area (Å²) in [6, 6.07) is 8.22. The predicted octanol–water partition coefficient (Wildman–Crippen LogP) is 3.16. The molecule has 4 rings (SSSR count). The topological polar surface area (TPSA) is 84.4 Å². The third kappa shape index (κ3) is 3.25. The number of nitrogens with two attached hydrogens (primary N) is 1. The molecule has 0 radical (unpaired) electrons. The van der Waals surface area contributed by atoms with Crippen LogP contribution in [0.4, 0.5) is 5.69 Å². The van der Waals surface area contributed by atoms with Crippen LogP contribution in [-0.4, -0.2) is 34.4 Å². The summed E-state index contributed by atoms with van der Waals surface area (Å²) in [6.07, 6.45) is 1.65. The average molecular weight is 368 g/mol. The maximum atomic E-state index is 5.95. The van der Waals surface area contributed by atoms with Crippen molar-refractivity contribution in [3.8, 4) is 17.5 Å². The minimum absolute atomic E-state index is 0.0216. The highest BCUT2D eigenvalue weighted by Crippen LogP contribution is 2.33. The molecule has 1 atom stereocenters. The van der Waals surface area contributed by atoms with Crippen molar-refractivity contribution in [1.82, 2.24) is 14.5 Å². The van der Waals surface area contributed by atoms with Gasteiger partial charge < -0.3 is 19.9 Å². The zero-order valence-electron chi connectivity index (χ0n) is 16.0. The molecule has 0 amide bonds. The minimum atomic E-state index is -0.109. The van der Waals surface area contributed by atoms with Gasteiger partial charge in [0.15, 0.2) is 6.10 Å². The normalized spacial score (nSPS) is 16.2. The zero-order valence-corrected chi connectivity index (χ0v) is 16.0. The number of nitrogens with zero attached hydrogens (tertiary/aromatic N) is 3. The zero-order chi connectivity index (χ0) is 19.2. The summed E-state index contributed by atoms with van der Waals surface area (Å²) in [4.78, 5) is 8.99. The van der Waals surface area contributed by atoms with Crippen LogP contribution in [0.5, 0.6) is 17.5 Å². The lowest BCUT2D eigenvalue weighted by Crippen LogP contribution is -2.23. The summed E-state index contributed by atoms with van der Waals surface area (Å²) in [7, 11) is 1.60. The van der Waals surface area contributed by atoms with Gasteiger partial charge in [0.25, 0.3) is 6.01 Å². The van der Waals surface area contributed by atoms with Gasteiger partial charge in [0.1, 0.15) is 18.1 Å². The van der Waals surface area contributed by atoms with Crippen molar-refractivity contribution in [2.75, 3.05) is 19.5 Å². The van der Waals surface area contributed by atoms with Crippen molar-refractivity contribution in [1.29, 1.82) is 0 Å². The molecule has 7 nitrogen and oxygen atoms in total. The molecular weight excluding hydrogens is 344 g/mol. The second-order valence-corrected chi connectivity index (χ2v) is 7.77. The molecule has 2 aromatic heterocycles. The molecule has 0 saturated heterocycles. The molecule has 0 bridgehead atoms. The highest BCUT2D eigenvalue weighted by Gasteiger charge is 2.27. The number of fused-ring (bicyclic) bond motifs is 3. The molecule has 1 aliphatic heterocycles. The Morgan fingerprint density at radius 2 is 2.11 bits per heavy atom. The largest absolute Gasteiger partial charge is 0.495 e. The van der Waals surface area contributed by atoms with Crippen molar-refractivity contribution in [3.05, 3.63) is 36.2 Å². The maximum Gasteiger partial charge on any atom is 0.297 e. The van der Waals surface area contributed by atoms with E-state index < -0.39 is 0 Å². The van der Waals surface area contributed by atoms with Crippen LogP contribution in [0, 0.1) is 0 Å². The van der Waals surface area contributed by atoms with Gasteiger partial charge in [0.2, 0.25) is 0 Å². The number of hydrogen-bond donors (Lipinski definition) is 1. The first-order valence-corrected chi connectivity index (χ1v) is 8.95. The van der Waals surface area contributed by atoms with Crippen molar-refractivity contribution in [2.45, 2.75) is 38.8 Å². The van der Waals surface area contributed by atoms with Crippen LogP contribution >= 0.6 is 0 Å². The van der Waals surface area contributed by atoms with Gasteiger partial charge in [-0.15, -0.1) is 0 Å². The molecule has 3 heterocycles. The predicted molar refractivity (Wildman–Crippen MR) is 104 cm³/mol. The first-order valence-electron chi connectivity index (χ1n) is 8.95. The molecule has 1 aliphatic rings. The Morgan fingerprint density at radius 3 is 2.78 bits per heavy atom. The van der Waals surface area contributed by atoms with E-state index in [2.05, 4.69) is 30.7 Å². The molecule has 0 fully saturated rings. The maximum absolute atomic E-state index is 5.95. The Bertz CT molecular complexity index is 974. The second kappa shape index (κ2) is 6.33. The summed E-state index contributed by atoms with van der Waals surface area (Å²) in [5, 5.41) is 0. The molecular formula is C20H24N4O3. The number of ether oxygens (including phenoxy) is 3. The van der Waals surface area contributed by atoms with E-state index in [1.165, 1.54) is 0 Å². The van der Waals surface area contributed by atoms with E-state index in [0.717, 1.165) is 22.5 Å². The van der Waals surface area contributed by atoms with Crippen LogP contribution in [0.2, 0.25) is 0 Å². The summed E-state index contributed by atoms with van der Waals surface area (Å²) >= 11 is 0. The van der Waals surface area contributed by atoms with Gasteiger partial charge >= 0.3 is 0 Å². The van der Waals surface area contributed by atoms with Crippen molar-refractivity contribution >= 4 is 16.7 Å². The number of imidazole rings is 1. The van der Waals surface area contributed by atoms with Crippen LogP contribution in [0.15, 0.2) is 30.5 Å². The molecule has 0 spiro atoms. The molecule has 0 saturated carbocycles. The number of nitrogen functional groups attached to an aromatic ring is 1. The highest BCUT2D eigenvalue weighted by molar-refractivity contribution is 5.84. The third-order valence-corrected chi connectivity index (χ3v) is 4.66. The van der Waals surface area contributed by atoms with Crippen LogP contribution in [0.25, 0.3) is 11.0 Å². The van der Waals surface area contributed by atoms with Crippen molar-refractivity contribution < 1.29 is 14.2 Å². The smallest absolute Gasteiger partial charge is 0.297 e. The number of methoxy groups -OCH3 is 1. The Kier molecular flexibility index (Phi) is 4.09. The number of hydrogen-bond acceptors (Lipinski definition) is 6. The number of aromatic nitrogens is 3. The van der Waals surface area contributed by atoms with Crippen molar-refractivity contribution in [2.24, 2.45) is 0 Å². The summed E-state index contributed by atoms with van der Waals surface area (Å²) in [6.45, 7) is 7.49. The third-order valence-electron chi connectivity index (χ3n) is 4.66. The number of pyridine rings is 1. The molecule has 1 aromatic carbocycles. The molecule has 2 N–H and O–H groups in total. The van der Waals surface area contributed by atoms with E-state index in [4.69, 9.17) is 19.9 Å². The van der Waals surface area contributed by atoms with Gasteiger partial charge in [-0.05, 0) is 18.2 Å². The first kappa shape index (κ1) is 17.5. The lowest BCUT2D eigenvalue weighted by atomic mass is 9.92. The quantitative estimate of drug-likeness (QED) is 0.712. The van der Waals surface area contributed by atoms with E-state index in [0.29, 0.717) is 30.6 Å².